The minimum Gasteiger partial charge on any atom is -0.354 e. The first-order valence-corrected chi connectivity index (χ1v) is 7.00. The topological polar surface area (TPSA) is 88.1 Å². The van der Waals surface area contributed by atoms with Crippen LogP contribution in [-0.4, -0.2) is 34.3 Å². The normalized spacial score (nSPS) is 17.9. The lowest BCUT2D eigenvalue weighted by Crippen LogP contribution is -2.42. The van der Waals surface area contributed by atoms with Gasteiger partial charge in [-0.25, -0.2) is 9.48 Å². The van der Waals surface area contributed by atoms with Crippen molar-refractivity contribution in [2.24, 2.45) is 0 Å². The molecule has 1 aliphatic heterocycles. The molecular weight excluding hydrogens is 258 g/mol. The lowest BCUT2D eigenvalue weighted by molar-refractivity contribution is -0.120. The maximum absolute atomic E-state index is 11.9. The molecule has 1 aromatic heterocycles. The number of aryl methyl sites for hydroxylation is 2. The Morgan fingerprint density at radius 2 is 2.40 bits per heavy atom. The summed E-state index contributed by atoms with van der Waals surface area (Å²) in [4.78, 5) is 23.3. The molecule has 7 heteroatoms. The zero-order valence-corrected chi connectivity index (χ0v) is 11.9. The molecule has 1 aliphatic rings. The number of unbranched alkanes of at least 4 members (excludes halogenated alkanes) is 1. The van der Waals surface area contributed by atoms with Gasteiger partial charge in [-0.15, -0.1) is 0 Å². The second-order valence-corrected chi connectivity index (χ2v) is 4.98. The molecule has 3 N–H and O–H groups in total. The second-order valence-electron chi connectivity index (χ2n) is 4.98. The van der Waals surface area contributed by atoms with Crippen LogP contribution in [0.25, 0.3) is 0 Å². The molecule has 1 unspecified atom stereocenters. The Balaban J connectivity index is 1.94. The summed E-state index contributed by atoms with van der Waals surface area (Å²) in [5.74, 6) is 0.530. The molecule has 0 saturated carbocycles. The van der Waals surface area contributed by atoms with E-state index in [0.717, 1.165) is 25.1 Å². The van der Waals surface area contributed by atoms with E-state index in [1.54, 1.807) is 4.68 Å². The number of carbonyl (C=O) groups excluding carboxylic acids is 2. The van der Waals surface area contributed by atoms with E-state index in [0.29, 0.717) is 18.8 Å². The molecule has 3 amide bonds. The van der Waals surface area contributed by atoms with Gasteiger partial charge in [0.15, 0.2) is 0 Å². The number of urea groups is 1. The quantitative estimate of drug-likeness (QED) is 0.751. The van der Waals surface area contributed by atoms with Crippen LogP contribution in [0.3, 0.4) is 0 Å². The molecular formula is C13H21N5O2. The summed E-state index contributed by atoms with van der Waals surface area (Å²) >= 11 is 0. The number of amides is 3. The first-order chi connectivity index (χ1) is 9.60. The fourth-order valence-corrected chi connectivity index (χ4v) is 2.17. The van der Waals surface area contributed by atoms with Gasteiger partial charge >= 0.3 is 6.03 Å². The van der Waals surface area contributed by atoms with Crippen LogP contribution >= 0.6 is 0 Å². The lowest BCUT2D eigenvalue weighted by Gasteiger charge is -2.12. The Labute approximate surface area is 118 Å². The van der Waals surface area contributed by atoms with E-state index in [1.807, 2.05) is 13.0 Å². The molecule has 1 aromatic rings. The SMILES string of the molecule is CCCCn1nc(C)cc1NC(=O)NC1CCNC1=O. The van der Waals surface area contributed by atoms with Crippen molar-refractivity contribution in [3.8, 4) is 0 Å². The minimum absolute atomic E-state index is 0.129. The van der Waals surface area contributed by atoms with Gasteiger partial charge in [-0.2, -0.15) is 5.10 Å². The average molecular weight is 279 g/mol. The van der Waals surface area contributed by atoms with Crippen molar-refractivity contribution in [1.29, 1.82) is 0 Å². The monoisotopic (exact) mass is 279 g/mol. The molecule has 20 heavy (non-hydrogen) atoms. The molecule has 1 fully saturated rings. The van der Waals surface area contributed by atoms with E-state index >= 15 is 0 Å². The van der Waals surface area contributed by atoms with E-state index < -0.39 is 6.04 Å². The van der Waals surface area contributed by atoms with Crippen LogP contribution in [0.15, 0.2) is 6.07 Å². The molecule has 0 spiro atoms. The predicted molar refractivity (Wildman–Crippen MR) is 75.4 cm³/mol. The van der Waals surface area contributed by atoms with Crippen LogP contribution < -0.4 is 16.0 Å². The van der Waals surface area contributed by atoms with E-state index in [9.17, 15) is 9.59 Å². The van der Waals surface area contributed by atoms with Crippen molar-refractivity contribution < 1.29 is 9.59 Å². The molecule has 0 aliphatic carbocycles. The van der Waals surface area contributed by atoms with Gasteiger partial charge in [-0.3, -0.25) is 10.1 Å². The molecule has 1 atom stereocenters. The third-order valence-electron chi connectivity index (χ3n) is 3.22. The van der Waals surface area contributed by atoms with E-state index in [2.05, 4.69) is 28.0 Å². The highest BCUT2D eigenvalue weighted by Gasteiger charge is 2.25. The van der Waals surface area contributed by atoms with Crippen molar-refractivity contribution in [1.82, 2.24) is 20.4 Å². The lowest BCUT2D eigenvalue weighted by atomic mass is 10.2. The summed E-state index contributed by atoms with van der Waals surface area (Å²) in [6.45, 7) is 5.37. The number of carbonyl (C=O) groups is 2. The maximum Gasteiger partial charge on any atom is 0.321 e. The first-order valence-electron chi connectivity index (χ1n) is 7.00. The number of rotatable bonds is 5. The van der Waals surface area contributed by atoms with Crippen LogP contribution in [0, 0.1) is 6.92 Å². The smallest absolute Gasteiger partial charge is 0.321 e. The Kier molecular flexibility index (Phi) is 4.60. The minimum atomic E-state index is -0.442. The third-order valence-corrected chi connectivity index (χ3v) is 3.22. The molecule has 7 nitrogen and oxygen atoms in total. The van der Waals surface area contributed by atoms with E-state index in [4.69, 9.17) is 0 Å². The standard InChI is InChI=1S/C13H21N5O2/c1-3-4-7-18-11(8-9(2)17-18)16-13(20)15-10-5-6-14-12(10)19/h8,10H,3-7H2,1-2H3,(H,14,19)(H2,15,16,20). The van der Waals surface area contributed by atoms with Crippen LogP contribution in [-0.2, 0) is 11.3 Å². The summed E-state index contributed by atoms with van der Waals surface area (Å²) in [6, 6.07) is 1.01. The summed E-state index contributed by atoms with van der Waals surface area (Å²) < 4.78 is 1.78. The summed E-state index contributed by atoms with van der Waals surface area (Å²) in [5.41, 5.74) is 0.856. The summed E-state index contributed by atoms with van der Waals surface area (Å²) in [7, 11) is 0. The van der Waals surface area contributed by atoms with Gasteiger partial charge in [0.25, 0.3) is 0 Å². The molecule has 0 radical (unpaired) electrons. The zero-order chi connectivity index (χ0) is 14.5. The highest BCUT2D eigenvalue weighted by atomic mass is 16.2. The number of aromatic nitrogens is 2. The van der Waals surface area contributed by atoms with Crippen LogP contribution in [0.1, 0.15) is 31.9 Å². The summed E-state index contributed by atoms with van der Waals surface area (Å²) in [5, 5.41) is 12.5. The number of nitrogens with one attached hydrogen (secondary N) is 3. The van der Waals surface area contributed by atoms with Crippen molar-refractivity contribution in [2.45, 2.75) is 45.7 Å². The van der Waals surface area contributed by atoms with Crippen LogP contribution in [0.2, 0.25) is 0 Å². The average Bonchev–Trinajstić information content (AvgIpc) is 2.94. The van der Waals surface area contributed by atoms with E-state index in [1.165, 1.54) is 0 Å². The Morgan fingerprint density at radius 3 is 3.05 bits per heavy atom. The zero-order valence-electron chi connectivity index (χ0n) is 11.9. The van der Waals surface area contributed by atoms with E-state index in [-0.39, 0.29) is 11.9 Å². The highest BCUT2D eigenvalue weighted by Crippen LogP contribution is 2.11. The van der Waals surface area contributed by atoms with Gasteiger partial charge in [0.2, 0.25) is 5.91 Å². The Bertz CT molecular complexity index is 497. The van der Waals surface area contributed by atoms with Crippen molar-refractivity contribution >= 4 is 17.8 Å². The predicted octanol–water partition coefficient (Wildman–Crippen LogP) is 1.00. The van der Waals surface area contributed by atoms with Gasteiger partial charge in [0.1, 0.15) is 11.9 Å². The number of nitrogens with zero attached hydrogens (tertiary/aromatic N) is 2. The summed E-state index contributed by atoms with van der Waals surface area (Å²) in [6.07, 6.45) is 2.69. The van der Waals surface area contributed by atoms with Gasteiger partial charge in [-0.05, 0) is 19.8 Å². The number of hydrogen-bond acceptors (Lipinski definition) is 3. The molecule has 0 bridgehead atoms. The number of anilines is 1. The van der Waals surface area contributed by atoms with Gasteiger partial charge in [-0.1, -0.05) is 13.3 Å². The molecule has 2 rings (SSSR count). The van der Waals surface area contributed by atoms with Gasteiger partial charge in [0, 0.05) is 19.2 Å². The first kappa shape index (κ1) is 14.4. The van der Waals surface area contributed by atoms with Crippen LogP contribution in [0.5, 0.6) is 0 Å². The fraction of sp³-hybridized carbons (Fsp3) is 0.615. The van der Waals surface area contributed by atoms with Gasteiger partial charge in [0.05, 0.1) is 5.69 Å². The molecule has 110 valence electrons. The maximum atomic E-state index is 11.9. The third kappa shape index (κ3) is 3.49. The molecule has 2 heterocycles. The van der Waals surface area contributed by atoms with Crippen LogP contribution in [0.4, 0.5) is 10.6 Å². The molecule has 0 aromatic carbocycles. The van der Waals surface area contributed by atoms with Crippen molar-refractivity contribution in [2.75, 3.05) is 11.9 Å². The molecule has 1 saturated heterocycles. The number of hydrogen-bond donors (Lipinski definition) is 3. The largest absolute Gasteiger partial charge is 0.354 e. The fourth-order valence-electron chi connectivity index (χ4n) is 2.17. The highest BCUT2D eigenvalue weighted by molar-refractivity contribution is 5.93. The van der Waals surface area contributed by atoms with Gasteiger partial charge < -0.3 is 10.6 Å². The Morgan fingerprint density at radius 1 is 1.60 bits per heavy atom. The Hall–Kier alpha value is -2.05. The van der Waals surface area contributed by atoms with Crippen molar-refractivity contribution in [3.63, 3.8) is 0 Å². The van der Waals surface area contributed by atoms with Crippen molar-refractivity contribution in [3.05, 3.63) is 11.8 Å². The second kappa shape index (κ2) is 6.40.